The number of ketones is 1. The maximum Gasteiger partial charge on any atom is 0.209 e. The average molecular weight is 394 g/mol. The molecule has 2 saturated carbocycles. The minimum absolute atomic E-state index is 0.106. The first-order valence-corrected chi connectivity index (χ1v) is 9.17. The number of carbonyl (C=O) groups is 1. The van der Waals surface area contributed by atoms with Crippen LogP contribution in [0.4, 0.5) is 5.82 Å². The average Bonchev–Trinajstić information content (AvgIpc) is 3.00. The van der Waals surface area contributed by atoms with E-state index in [0.717, 1.165) is 0 Å². The molecule has 0 saturated heterocycles. The third-order valence-corrected chi connectivity index (χ3v) is 6.04. The fraction of sp³-hybridized carbons (Fsp3) is 0.421. The van der Waals surface area contributed by atoms with E-state index in [1.54, 1.807) is 17.9 Å². The summed E-state index contributed by atoms with van der Waals surface area (Å²) < 4.78 is 6.82. The van der Waals surface area contributed by atoms with Crippen molar-refractivity contribution in [3.8, 4) is 11.8 Å². The van der Waals surface area contributed by atoms with Crippen molar-refractivity contribution in [3.63, 3.8) is 0 Å². The van der Waals surface area contributed by atoms with Crippen molar-refractivity contribution in [3.05, 3.63) is 30.5 Å². The second kappa shape index (κ2) is 6.10. The predicted octanol–water partition coefficient (Wildman–Crippen LogP) is 0.128. The summed E-state index contributed by atoms with van der Waals surface area (Å²) in [5.41, 5.74) is 0.100. The van der Waals surface area contributed by atoms with Gasteiger partial charge in [0.05, 0.1) is 30.1 Å². The SMILES string of the molecule is CNc1nc(C#Cc2cnco2)nc2c1ncn2[C@@H]1C2C[C@@]2(C(C)=O)C(O)[C@H]1O. The van der Waals surface area contributed by atoms with Gasteiger partial charge in [0.1, 0.15) is 11.9 Å². The molecule has 2 aliphatic carbocycles. The Bertz CT molecular complexity index is 1180. The number of aliphatic hydroxyl groups is 2. The molecule has 3 heterocycles. The smallest absolute Gasteiger partial charge is 0.209 e. The summed E-state index contributed by atoms with van der Waals surface area (Å²) in [6.07, 6.45) is 2.66. The van der Waals surface area contributed by atoms with Crippen LogP contribution in [0.5, 0.6) is 0 Å². The van der Waals surface area contributed by atoms with Crippen LogP contribution in [0, 0.1) is 23.2 Å². The standard InChI is InChI=1S/C19H18N6O4/c1-9(26)19-5-11(19)14(15(27)16(19)28)25-7-22-13-17(20-2)23-12(24-18(13)25)4-3-10-6-21-8-29-10/h6-8,11,14-16,27-28H,5H2,1-2H3,(H,20,23,24)/t11?,14-,15+,16?,19+/m1/s1. The van der Waals surface area contributed by atoms with Crippen LogP contribution in [-0.4, -0.2) is 59.8 Å². The number of imidazole rings is 1. The quantitative estimate of drug-likeness (QED) is 0.529. The molecule has 3 aromatic rings. The minimum atomic E-state index is -1.11. The van der Waals surface area contributed by atoms with Gasteiger partial charge in [-0.3, -0.25) is 4.79 Å². The number of hydrogen-bond donors (Lipinski definition) is 3. The molecule has 0 spiro atoms. The Labute approximate surface area is 165 Å². The van der Waals surface area contributed by atoms with Crippen molar-refractivity contribution in [1.29, 1.82) is 0 Å². The lowest BCUT2D eigenvalue weighted by Crippen LogP contribution is -2.36. The number of fused-ring (bicyclic) bond motifs is 2. The third kappa shape index (κ3) is 2.41. The van der Waals surface area contributed by atoms with E-state index in [-0.39, 0.29) is 17.5 Å². The molecular weight excluding hydrogens is 376 g/mol. The molecule has 2 unspecified atom stereocenters. The number of nitrogens with one attached hydrogen (secondary N) is 1. The van der Waals surface area contributed by atoms with Crippen LogP contribution in [0.25, 0.3) is 11.2 Å². The van der Waals surface area contributed by atoms with Gasteiger partial charge in [-0.1, -0.05) is 0 Å². The van der Waals surface area contributed by atoms with Crippen molar-refractivity contribution < 1.29 is 19.4 Å². The highest BCUT2D eigenvalue weighted by molar-refractivity contribution is 5.88. The second-order valence-corrected chi connectivity index (χ2v) is 7.42. The van der Waals surface area contributed by atoms with Crippen LogP contribution in [0.2, 0.25) is 0 Å². The van der Waals surface area contributed by atoms with E-state index >= 15 is 0 Å². The molecule has 10 nitrogen and oxygen atoms in total. The van der Waals surface area contributed by atoms with Gasteiger partial charge >= 0.3 is 0 Å². The number of aliphatic hydroxyl groups excluding tert-OH is 2. The molecule has 3 N–H and O–H groups in total. The lowest BCUT2D eigenvalue weighted by Gasteiger charge is -2.23. The molecule has 3 aromatic heterocycles. The highest BCUT2D eigenvalue weighted by Crippen LogP contribution is 2.68. The number of nitrogens with zero attached hydrogens (tertiary/aromatic N) is 5. The predicted molar refractivity (Wildman–Crippen MR) is 99.6 cm³/mol. The van der Waals surface area contributed by atoms with Crippen LogP contribution in [-0.2, 0) is 4.79 Å². The van der Waals surface area contributed by atoms with E-state index in [2.05, 4.69) is 37.1 Å². The van der Waals surface area contributed by atoms with Crippen LogP contribution < -0.4 is 5.32 Å². The van der Waals surface area contributed by atoms with Crippen LogP contribution in [0.3, 0.4) is 0 Å². The second-order valence-electron chi connectivity index (χ2n) is 7.42. The number of anilines is 1. The van der Waals surface area contributed by atoms with E-state index < -0.39 is 23.7 Å². The first-order valence-electron chi connectivity index (χ1n) is 9.17. The molecule has 0 aliphatic heterocycles. The van der Waals surface area contributed by atoms with E-state index in [9.17, 15) is 15.0 Å². The Hall–Kier alpha value is -3.29. The summed E-state index contributed by atoms with van der Waals surface area (Å²) in [6.45, 7) is 1.46. The zero-order chi connectivity index (χ0) is 20.3. The fourth-order valence-electron chi connectivity index (χ4n) is 4.53. The topological polar surface area (TPSA) is 139 Å². The maximum atomic E-state index is 12.1. The van der Waals surface area contributed by atoms with Gasteiger partial charge in [0.2, 0.25) is 5.82 Å². The minimum Gasteiger partial charge on any atom is -0.435 e. The summed E-state index contributed by atoms with van der Waals surface area (Å²) >= 11 is 0. The molecule has 5 atom stereocenters. The third-order valence-electron chi connectivity index (χ3n) is 6.04. The molecule has 0 aromatic carbocycles. The molecule has 2 fully saturated rings. The lowest BCUT2D eigenvalue weighted by atomic mass is 9.95. The maximum absolute atomic E-state index is 12.1. The molecule has 0 radical (unpaired) electrons. The van der Waals surface area contributed by atoms with Gasteiger partial charge in [-0.15, -0.1) is 0 Å². The van der Waals surface area contributed by atoms with Crippen molar-refractivity contribution in [2.24, 2.45) is 11.3 Å². The number of hydrogen-bond acceptors (Lipinski definition) is 9. The van der Waals surface area contributed by atoms with Gasteiger partial charge in [-0.2, -0.15) is 0 Å². The summed E-state index contributed by atoms with van der Waals surface area (Å²) in [6, 6.07) is -0.506. The summed E-state index contributed by atoms with van der Waals surface area (Å²) in [5.74, 6) is 6.46. The highest BCUT2D eigenvalue weighted by Gasteiger charge is 2.74. The van der Waals surface area contributed by atoms with Gasteiger partial charge in [0.15, 0.2) is 29.1 Å². The Kier molecular flexibility index (Phi) is 3.74. The van der Waals surface area contributed by atoms with Gasteiger partial charge in [-0.25, -0.2) is 19.9 Å². The highest BCUT2D eigenvalue weighted by atomic mass is 16.3. The normalized spacial score (nSPS) is 29.9. The Morgan fingerprint density at radius 3 is 2.86 bits per heavy atom. The molecule has 148 valence electrons. The Balaban J connectivity index is 1.61. The van der Waals surface area contributed by atoms with Crippen molar-refractivity contribution in [1.82, 2.24) is 24.5 Å². The zero-order valence-electron chi connectivity index (χ0n) is 15.7. The number of carbonyl (C=O) groups excluding carboxylic acids is 1. The van der Waals surface area contributed by atoms with Crippen LogP contribution >= 0.6 is 0 Å². The summed E-state index contributed by atoms with van der Waals surface area (Å²) in [4.78, 5) is 29.2. The molecule has 2 aliphatic rings. The van der Waals surface area contributed by atoms with Crippen molar-refractivity contribution in [2.45, 2.75) is 31.6 Å². The summed E-state index contributed by atoms with van der Waals surface area (Å²) in [7, 11) is 1.71. The number of rotatable bonds is 3. The molecule has 29 heavy (non-hydrogen) atoms. The van der Waals surface area contributed by atoms with E-state index in [1.165, 1.54) is 19.5 Å². The lowest BCUT2D eigenvalue weighted by molar-refractivity contribution is -0.128. The molecule has 0 amide bonds. The van der Waals surface area contributed by atoms with E-state index in [4.69, 9.17) is 4.42 Å². The monoisotopic (exact) mass is 394 g/mol. The van der Waals surface area contributed by atoms with E-state index in [0.29, 0.717) is 29.2 Å². The summed E-state index contributed by atoms with van der Waals surface area (Å²) in [5, 5.41) is 24.2. The van der Waals surface area contributed by atoms with Gasteiger partial charge in [0.25, 0.3) is 0 Å². The zero-order valence-corrected chi connectivity index (χ0v) is 15.7. The van der Waals surface area contributed by atoms with Crippen LogP contribution in [0.15, 0.2) is 23.3 Å². The number of aromatic nitrogens is 5. The Morgan fingerprint density at radius 2 is 2.21 bits per heavy atom. The largest absolute Gasteiger partial charge is 0.435 e. The van der Waals surface area contributed by atoms with Crippen LogP contribution in [0.1, 0.15) is 31.0 Å². The molecule has 0 bridgehead atoms. The van der Waals surface area contributed by atoms with Crippen molar-refractivity contribution in [2.75, 3.05) is 12.4 Å². The molecular formula is C19H18N6O4. The van der Waals surface area contributed by atoms with Gasteiger partial charge in [0, 0.05) is 7.05 Å². The van der Waals surface area contributed by atoms with Crippen molar-refractivity contribution >= 4 is 22.8 Å². The first kappa shape index (κ1) is 17.8. The number of oxazole rings is 1. The fourth-order valence-corrected chi connectivity index (χ4v) is 4.53. The number of Topliss-reactive ketones (excluding diaryl/α,β-unsaturated/α-hetero) is 1. The first-order chi connectivity index (χ1) is 14.0. The molecule has 10 heteroatoms. The molecule has 5 rings (SSSR count). The Morgan fingerprint density at radius 1 is 1.38 bits per heavy atom. The van der Waals surface area contributed by atoms with Gasteiger partial charge < -0.3 is 24.5 Å². The van der Waals surface area contributed by atoms with Gasteiger partial charge in [-0.05, 0) is 31.1 Å². The van der Waals surface area contributed by atoms with E-state index in [1.807, 2.05) is 0 Å².